The largest absolute Gasteiger partial charge is 0.462 e. The van der Waals surface area contributed by atoms with E-state index in [2.05, 4.69) is 4.98 Å². The summed E-state index contributed by atoms with van der Waals surface area (Å²) in [5.41, 5.74) is 6.38. The number of pyridine rings is 1. The molecule has 0 saturated carbocycles. The molecule has 20 heavy (non-hydrogen) atoms. The number of aromatic nitrogens is 1. The summed E-state index contributed by atoms with van der Waals surface area (Å²) in [5, 5.41) is 0. The second-order valence-electron chi connectivity index (χ2n) is 4.81. The third-order valence-electron chi connectivity index (χ3n) is 3.26. The monoisotopic (exact) mass is 279 g/mol. The smallest absolute Gasteiger partial charge is 0.341 e. The molecule has 2 atom stereocenters. The minimum atomic E-state index is -0.348. The highest BCUT2D eigenvalue weighted by Gasteiger charge is 2.27. The van der Waals surface area contributed by atoms with Gasteiger partial charge in [0.05, 0.1) is 19.3 Å². The average molecular weight is 279 g/mol. The van der Waals surface area contributed by atoms with Gasteiger partial charge >= 0.3 is 5.97 Å². The maximum absolute atomic E-state index is 12.0. The van der Waals surface area contributed by atoms with E-state index in [1.807, 2.05) is 11.8 Å². The number of carbonyl (C=O) groups excluding carboxylic acids is 1. The molecule has 2 heterocycles. The number of ether oxygens (including phenoxy) is 2. The Balaban J connectivity index is 2.21. The van der Waals surface area contributed by atoms with Gasteiger partial charge in [-0.2, -0.15) is 0 Å². The van der Waals surface area contributed by atoms with Crippen molar-refractivity contribution in [3.05, 3.63) is 23.9 Å². The highest BCUT2D eigenvalue weighted by molar-refractivity contribution is 5.94. The van der Waals surface area contributed by atoms with Gasteiger partial charge in [0.25, 0.3) is 0 Å². The molecular weight excluding hydrogens is 258 g/mol. The topological polar surface area (TPSA) is 77.7 Å². The molecule has 0 aliphatic carbocycles. The van der Waals surface area contributed by atoms with E-state index in [1.54, 1.807) is 25.3 Å². The maximum atomic E-state index is 12.0. The highest BCUT2D eigenvalue weighted by atomic mass is 16.5. The first-order valence-electron chi connectivity index (χ1n) is 6.87. The van der Waals surface area contributed by atoms with Crippen molar-refractivity contribution in [3.8, 4) is 0 Å². The molecule has 2 N–H and O–H groups in total. The van der Waals surface area contributed by atoms with E-state index in [0.29, 0.717) is 37.7 Å². The van der Waals surface area contributed by atoms with Crippen LogP contribution >= 0.6 is 0 Å². The SMILES string of the molecule is CCOC(=O)c1cccnc1N1CCOC(C(C)N)C1. The molecule has 2 rings (SSSR count). The van der Waals surface area contributed by atoms with Gasteiger partial charge in [0.15, 0.2) is 0 Å². The van der Waals surface area contributed by atoms with E-state index in [9.17, 15) is 4.79 Å². The van der Waals surface area contributed by atoms with Crippen molar-refractivity contribution in [1.29, 1.82) is 0 Å². The summed E-state index contributed by atoms with van der Waals surface area (Å²) in [4.78, 5) is 18.3. The molecule has 1 aromatic heterocycles. The predicted octanol–water partition coefficient (Wildman–Crippen LogP) is 0.811. The zero-order valence-corrected chi connectivity index (χ0v) is 11.9. The number of rotatable bonds is 4. The van der Waals surface area contributed by atoms with Crippen LogP contribution in [0.3, 0.4) is 0 Å². The minimum Gasteiger partial charge on any atom is -0.462 e. The van der Waals surface area contributed by atoms with E-state index in [4.69, 9.17) is 15.2 Å². The van der Waals surface area contributed by atoms with E-state index in [1.165, 1.54) is 0 Å². The van der Waals surface area contributed by atoms with Crippen LogP contribution in [0.5, 0.6) is 0 Å². The molecule has 1 aliphatic heterocycles. The summed E-state index contributed by atoms with van der Waals surface area (Å²) < 4.78 is 10.7. The summed E-state index contributed by atoms with van der Waals surface area (Å²) in [6.45, 7) is 5.94. The number of morpholine rings is 1. The second-order valence-corrected chi connectivity index (χ2v) is 4.81. The standard InChI is InChI=1S/C14H21N3O3/c1-3-19-14(18)11-5-4-6-16-13(11)17-7-8-20-12(9-17)10(2)15/h4-6,10,12H,3,7-9,15H2,1-2H3. The van der Waals surface area contributed by atoms with Gasteiger partial charge in [-0.15, -0.1) is 0 Å². The van der Waals surface area contributed by atoms with Crippen molar-refractivity contribution in [2.45, 2.75) is 26.0 Å². The molecule has 6 heteroatoms. The van der Waals surface area contributed by atoms with Crippen molar-refractivity contribution >= 4 is 11.8 Å². The van der Waals surface area contributed by atoms with Crippen LogP contribution < -0.4 is 10.6 Å². The van der Waals surface area contributed by atoms with Gasteiger partial charge in [0.1, 0.15) is 11.4 Å². The van der Waals surface area contributed by atoms with Crippen molar-refractivity contribution in [2.24, 2.45) is 5.73 Å². The van der Waals surface area contributed by atoms with Crippen LogP contribution in [-0.4, -0.2) is 49.4 Å². The molecule has 1 fully saturated rings. The molecule has 110 valence electrons. The molecule has 2 unspecified atom stereocenters. The zero-order valence-electron chi connectivity index (χ0n) is 11.9. The van der Waals surface area contributed by atoms with Crippen molar-refractivity contribution in [3.63, 3.8) is 0 Å². The lowest BCUT2D eigenvalue weighted by Gasteiger charge is -2.36. The summed E-state index contributed by atoms with van der Waals surface area (Å²) in [6.07, 6.45) is 1.62. The van der Waals surface area contributed by atoms with Gasteiger partial charge in [0.2, 0.25) is 0 Å². The molecule has 1 saturated heterocycles. The first kappa shape index (κ1) is 14.7. The number of nitrogens with zero attached hydrogens (tertiary/aromatic N) is 2. The lowest BCUT2D eigenvalue weighted by Crippen LogP contribution is -2.50. The molecular formula is C14H21N3O3. The fraction of sp³-hybridized carbons (Fsp3) is 0.571. The van der Waals surface area contributed by atoms with E-state index in [0.717, 1.165) is 0 Å². The third-order valence-corrected chi connectivity index (χ3v) is 3.26. The first-order chi connectivity index (χ1) is 9.63. The number of hydrogen-bond acceptors (Lipinski definition) is 6. The molecule has 0 aromatic carbocycles. The first-order valence-corrected chi connectivity index (χ1v) is 6.87. The summed E-state index contributed by atoms with van der Waals surface area (Å²) in [5.74, 6) is 0.291. The third kappa shape index (κ3) is 3.26. The summed E-state index contributed by atoms with van der Waals surface area (Å²) in [6, 6.07) is 3.41. The van der Waals surface area contributed by atoms with Crippen molar-refractivity contribution in [2.75, 3.05) is 31.2 Å². The number of anilines is 1. The average Bonchev–Trinajstić information content (AvgIpc) is 2.47. The van der Waals surface area contributed by atoms with Gasteiger partial charge in [-0.1, -0.05) is 0 Å². The van der Waals surface area contributed by atoms with Gasteiger partial charge in [0, 0.05) is 25.3 Å². The van der Waals surface area contributed by atoms with E-state index < -0.39 is 0 Å². The Morgan fingerprint density at radius 1 is 1.70 bits per heavy atom. The Bertz CT molecular complexity index is 465. The van der Waals surface area contributed by atoms with Crippen LogP contribution in [0.4, 0.5) is 5.82 Å². The summed E-state index contributed by atoms with van der Waals surface area (Å²) in [7, 11) is 0. The van der Waals surface area contributed by atoms with Crippen LogP contribution in [0.15, 0.2) is 18.3 Å². The molecule has 0 spiro atoms. The van der Waals surface area contributed by atoms with E-state index >= 15 is 0 Å². The zero-order chi connectivity index (χ0) is 14.5. The lowest BCUT2D eigenvalue weighted by molar-refractivity contribution is 0.0270. The van der Waals surface area contributed by atoms with Crippen LogP contribution in [0, 0.1) is 0 Å². The second kappa shape index (κ2) is 6.67. The normalized spacial score (nSPS) is 20.6. The highest BCUT2D eigenvalue weighted by Crippen LogP contribution is 2.21. The maximum Gasteiger partial charge on any atom is 0.341 e. The lowest BCUT2D eigenvalue weighted by atomic mass is 10.1. The Labute approximate surface area is 118 Å². The molecule has 1 aromatic rings. The number of nitrogens with two attached hydrogens (primary N) is 1. The Morgan fingerprint density at radius 2 is 2.50 bits per heavy atom. The molecule has 0 radical (unpaired) electrons. The van der Waals surface area contributed by atoms with Crippen LogP contribution in [-0.2, 0) is 9.47 Å². The fourth-order valence-electron chi connectivity index (χ4n) is 2.20. The molecule has 0 bridgehead atoms. The van der Waals surface area contributed by atoms with Crippen LogP contribution in [0.1, 0.15) is 24.2 Å². The van der Waals surface area contributed by atoms with Gasteiger partial charge in [-0.25, -0.2) is 9.78 Å². The van der Waals surface area contributed by atoms with E-state index in [-0.39, 0.29) is 18.1 Å². The van der Waals surface area contributed by atoms with Crippen LogP contribution in [0.2, 0.25) is 0 Å². The molecule has 1 aliphatic rings. The molecule has 6 nitrogen and oxygen atoms in total. The van der Waals surface area contributed by atoms with Crippen LogP contribution in [0.25, 0.3) is 0 Å². The van der Waals surface area contributed by atoms with Gasteiger partial charge in [-0.05, 0) is 26.0 Å². The Hall–Kier alpha value is -1.66. The quantitative estimate of drug-likeness (QED) is 0.822. The van der Waals surface area contributed by atoms with Crippen molar-refractivity contribution in [1.82, 2.24) is 4.98 Å². The fourth-order valence-corrected chi connectivity index (χ4v) is 2.20. The van der Waals surface area contributed by atoms with Gasteiger partial charge in [-0.3, -0.25) is 0 Å². The molecule has 0 amide bonds. The minimum absolute atomic E-state index is 0.0548. The Kier molecular flexibility index (Phi) is 4.92. The predicted molar refractivity (Wildman–Crippen MR) is 75.8 cm³/mol. The Morgan fingerprint density at radius 3 is 3.20 bits per heavy atom. The summed E-state index contributed by atoms with van der Waals surface area (Å²) >= 11 is 0. The number of esters is 1. The van der Waals surface area contributed by atoms with Crippen molar-refractivity contribution < 1.29 is 14.3 Å². The van der Waals surface area contributed by atoms with Gasteiger partial charge < -0.3 is 20.1 Å². The number of carbonyl (C=O) groups is 1. The number of hydrogen-bond donors (Lipinski definition) is 1.